The molecule has 20 heavy (non-hydrogen) atoms. The number of nitrogens with zero attached hydrogens (tertiary/aromatic N) is 1. The highest BCUT2D eigenvalue weighted by Gasteiger charge is 2.23. The lowest BCUT2D eigenvalue weighted by Crippen LogP contribution is -2.27. The predicted octanol–water partition coefficient (Wildman–Crippen LogP) is 2.68. The first-order chi connectivity index (χ1) is 9.45. The largest absolute Gasteiger partial charge is 0.326 e. The molecule has 1 aromatic carbocycles. The van der Waals surface area contributed by atoms with Crippen LogP contribution in [0.25, 0.3) is 0 Å². The van der Waals surface area contributed by atoms with Gasteiger partial charge in [0, 0.05) is 25.0 Å². The van der Waals surface area contributed by atoms with Gasteiger partial charge in [0.05, 0.1) is 9.23 Å². The van der Waals surface area contributed by atoms with Crippen molar-refractivity contribution in [1.29, 1.82) is 0 Å². The predicted molar refractivity (Wildman–Crippen MR) is 82.3 cm³/mol. The molecule has 0 aliphatic carbocycles. The van der Waals surface area contributed by atoms with E-state index in [9.17, 15) is 8.42 Å². The Balaban J connectivity index is 2.29. The summed E-state index contributed by atoms with van der Waals surface area (Å²) in [7, 11) is -2.00. The van der Waals surface area contributed by atoms with Gasteiger partial charge in [0.2, 0.25) is 10.0 Å². The van der Waals surface area contributed by atoms with E-state index in [-0.39, 0.29) is 11.4 Å². The van der Waals surface area contributed by atoms with E-state index in [1.165, 1.54) is 15.6 Å². The fourth-order valence-electron chi connectivity index (χ4n) is 1.83. The first kappa shape index (κ1) is 15.5. The van der Waals surface area contributed by atoms with Gasteiger partial charge in [-0.2, -0.15) is 4.31 Å². The Morgan fingerprint density at radius 2 is 1.95 bits per heavy atom. The number of rotatable bonds is 5. The maximum absolute atomic E-state index is 12.6. The van der Waals surface area contributed by atoms with Crippen molar-refractivity contribution in [1.82, 2.24) is 4.31 Å². The molecule has 4 nitrogen and oxygen atoms in total. The molecule has 0 atom stereocenters. The van der Waals surface area contributed by atoms with Gasteiger partial charge in [0.15, 0.2) is 0 Å². The van der Waals surface area contributed by atoms with Crippen LogP contribution in [-0.4, -0.2) is 19.8 Å². The second-order valence-corrected chi connectivity index (χ2v) is 8.09. The van der Waals surface area contributed by atoms with Crippen LogP contribution in [0.3, 0.4) is 0 Å². The number of sulfonamides is 1. The van der Waals surface area contributed by atoms with Crippen LogP contribution in [0.15, 0.2) is 41.3 Å². The van der Waals surface area contributed by atoms with E-state index in [4.69, 9.17) is 17.3 Å². The normalized spacial score (nSPS) is 12.0. The van der Waals surface area contributed by atoms with Crippen LogP contribution in [0, 0.1) is 0 Å². The van der Waals surface area contributed by atoms with Gasteiger partial charge in [0.1, 0.15) is 0 Å². The molecule has 0 saturated heterocycles. The number of thiophene rings is 1. The quantitative estimate of drug-likeness (QED) is 0.916. The second-order valence-electron chi connectivity index (χ2n) is 4.28. The summed E-state index contributed by atoms with van der Waals surface area (Å²) in [5.41, 5.74) is 6.22. The van der Waals surface area contributed by atoms with Gasteiger partial charge < -0.3 is 5.73 Å². The average Bonchev–Trinajstić information content (AvgIpc) is 2.84. The SMILES string of the molecule is CN(Cc1ccc(Cl)s1)S(=O)(=O)c1ccccc1CN. The summed E-state index contributed by atoms with van der Waals surface area (Å²) in [6, 6.07) is 10.4. The Hall–Kier alpha value is -0.920. The zero-order chi connectivity index (χ0) is 14.8. The van der Waals surface area contributed by atoms with Gasteiger partial charge in [-0.3, -0.25) is 0 Å². The van der Waals surface area contributed by atoms with E-state index in [2.05, 4.69) is 0 Å². The van der Waals surface area contributed by atoms with Gasteiger partial charge in [-0.15, -0.1) is 11.3 Å². The van der Waals surface area contributed by atoms with Gasteiger partial charge in [-0.1, -0.05) is 29.8 Å². The molecule has 0 amide bonds. The Kier molecular flexibility index (Phi) is 4.82. The molecule has 0 radical (unpaired) electrons. The molecule has 2 rings (SSSR count). The number of nitrogens with two attached hydrogens (primary N) is 1. The molecule has 0 saturated carbocycles. The van der Waals surface area contributed by atoms with Gasteiger partial charge in [-0.05, 0) is 23.8 Å². The molecule has 0 fully saturated rings. The minimum Gasteiger partial charge on any atom is -0.326 e. The number of halogens is 1. The Labute approximate surface area is 127 Å². The minimum atomic E-state index is -3.55. The highest BCUT2D eigenvalue weighted by atomic mass is 35.5. The molecule has 1 heterocycles. The maximum atomic E-state index is 12.6. The molecule has 108 valence electrons. The molecule has 0 aliphatic heterocycles. The third-order valence-electron chi connectivity index (χ3n) is 2.89. The van der Waals surface area contributed by atoms with Crippen molar-refractivity contribution >= 4 is 33.0 Å². The zero-order valence-corrected chi connectivity index (χ0v) is 13.3. The van der Waals surface area contributed by atoms with Crippen molar-refractivity contribution in [3.8, 4) is 0 Å². The fourth-order valence-corrected chi connectivity index (χ4v) is 4.43. The fraction of sp³-hybridized carbons (Fsp3) is 0.231. The lowest BCUT2D eigenvalue weighted by molar-refractivity contribution is 0.469. The van der Waals surface area contributed by atoms with E-state index in [1.54, 1.807) is 37.4 Å². The van der Waals surface area contributed by atoms with Crippen LogP contribution in [0.5, 0.6) is 0 Å². The van der Waals surface area contributed by atoms with Crippen molar-refractivity contribution in [3.63, 3.8) is 0 Å². The monoisotopic (exact) mass is 330 g/mol. The Bertz CT molecular complexity index is 698. The molecule has 2 aromatic rings. The molecule has 0 aliphatic rings. The summed E-state index contributed by atoms with van der Waals surface area (Å²) >= 11 is 7.23. The molecular formula is C13H15ClN2O2S2. The van der Waals surface area contributed by atoms with Crippen LogP contribution in [-0.2, 0) is 23.1 Å². The van der Waals surface area contributed by atoms with Crippen LogP contribution < -0.4 is 5.73 Å². The van der Waals surface area contributed by atoms with Gasteiger partial charge in [0.25, 0.3) is 0 Å². The third kappa shape index (κ3) is 3.21. The summed E-state index contributed by atoms with van der Waals surface area (Å²) in [5.74, 6) is 0. The average molecular weight is 331 g/mol. The topological polar surface area (TPSA) is 63.4 Å². The molecule has 0 unspecified atom stereocenters. The highest BCUT2D eigenvalue weighted by Crippen LogP contribution is 2.25. The summed E-state index contributed by atoms with van der Waals surface area (Å²) in [4.78, 5) is 1.15. The lowest BCUT2D eigenvalue weighted by atomic mass is 10.2. The minimum absolute atomic E-state index is 0.189. The summed E-state index contributed by atoms with van der Waals surface area (Å²) in [5, 5.41) is 0. The highest BCUT2D eigenvalue weighted by molar-refractivity contribution is 7.89. The first-order valence-corrected chi connectivity index (χ1v) is 8.57. The first-order valence-electron chi connectivity index (χ1n) is 5.93. The van der Waals surface area contributed by atoms with Crippen LogP contribution in [0.1, 0.15) is 10.4 Å². The van der Waals surface area contributed by atoms with Crippen molar-refractivity contribution in [3.05, 3.63) is 51.2 Å². The van der Waals surface area contributed by atoms with Crippen molar-refractivity contribution in [2.24, 2.45) is 5.73 Å². The van der Waals surface area contributed by atoms with Crippen LogP contribution >= 0.6 is 22.9 Å². The maximum Gasteiger partial charge on any atom is 0.243 e. The van der Waals surface area contributed by atoms with E-state index < -0.39 is 10.0 Å². The van der Waals surface area contributed by atoms with E-state index in [1.807, 2.05) is 6.07 Å². The molecule has 0 spiro atoms. The van der Waals surface area contributed by atoms with Crippen LogP contribution in [0.4, 0.5) is 0 Å². The zero-order valence-electron chi connectivity index (χ0n) is 10.9. The Morgan fingerprint density at radius 3 is 2.55 bits per heavy atom. The van der Waals surface area contributed by atoms with E-state index >= 15 is 0 Å². The molecule has 0 bridgehead atoms. The standard InChI is InChI=1S/C13H15ClN2O2S2/c1-16(9-11-6-7-13(14)19-11)20(17,18)12-5-3-2-4-10(12)8-15/h2-7H,8-9,15H2,1H3. The smallest absolute Gasteiger partial charge is 0.243 e. The number of benzene rings is 1. The van der Waals surface area contributed by atoms with Crippen molar-refractivity contribution in [2.75, 3.05) is 7.05 Å². The summed E-state index contributed by atoms with van der Waals surface area (Å²) in [6.45, 7) is 0.479. The van der Waals surface area contributed by atoms with E-state index in [0.717, 1.165) is 4.88 Å². The van der Waals surface area contributed by atoms with Crippen molar-refractivity contribution < 1.29 is 8.42 Å². The number of hydrogen-bond acceptors (Lipinski definition) is 4. The Morgan fingerprint density at radius 1 is 1.25 bits per heavy atom. The van der Waals surface area contributed by atoms with Gasteiger partial charge in [-0.25, -0.2) is 8.42 Å². The molecule has 1 aromatic heterocycles. The lowest BCUT2D eigenvalue weighted by Gasteiger charge is -2.18. The molecule has 2 N–H and O–H groups in total. The van der Waals surface area contributed by atoms with Crippen LogP contribution in [0.2, 0.25) is 4.34 Å². The molecule has 7 heteroatoms. The number of hydrogen-bond donors (Lipinski definition) is 1. The summed E-state index contributed by atoms with van der Waals surface area (Å²) in [6.07, 6.45) is 0. The summed E-state index contributed by atoms with van der Waals surface area (Å²) < 4.78 is 27.1. The van der Waals surface area contributed by atoms with Crippen molar-refractivity contribution in [2.45, 2.75) is 18.0 Å². The second kappa shape index (κ2) is 6.24. The van der Waals surface area contributed by atoms with Gasteiger partial charge >= 0.3 is 0 Å². The van der Waals surface area contributed by atoms with E-state index in [0.29, 0.717) is 16.4 Å². The molecular weight excluding hydrogens is 316 g/mol. The third-order valence-corrected chi connectivity index (χ3v) is 6.01.